The molecule has 1 amide bonds. The molecule has 0 saturated carbocycles. The molecule has 0 aliphatic carbocycles. The summed E-state index contributed by atoms with van der Waals surface area (Å²) in [6.45, 7) is 10.1. The van der Waals surface area contributed by atoms with E-state index in [2.05, 4.69) is 17.9 Å². The van der Waals surface area contributed by atoms with Crippen LogP contribution in [0.2, 0.25) is 0 Å². The van der Waals surface area contributed by atoms with Gasteiger partial charge in [-0.3, -0.25) is 23.9 Å². The van der Waals surface area contributed by atoms with E-state index in [9.17, 15) is 19.6 Å². The maximum atomic E-state index is 13.5. The van der Waals surface area contributed by atoms with Gasteiger partial charge in [0, 0.05) is 31.7 Å². The van der Waals surface area contributed by atoms with Crippen molar-refractivity contribution in [2.75, 3.05) is 31.1 Å². The summed E-state index contributed by atoms with van der Waals surface area (Å²) in [5.41, 5.74) is 0.940. The van der Waals surface area contributed by atoms with Gasteiger partial charge in [0.2, 0.25) is 0 Å². The van der Waals surface area contributed by atoms with E-state index in [-0.39, 0.29) is 28.9 Å². The molecule has 1 aromatic heterocycles. The Kier molecular flexibility index (Phi) is 11.0. The number of anilines is 1. The first-order valence-corrected chi connectivity index (χ1v) is 14.9. The number of carbonyl (C=O) groups excluding carboxylic acids is 2. The van der Waals surface area contributed by atoms with E-state index in [1.807, 2.05) is 6.92 Å². The number of thioether (sulfide) groups is 1. The maximum absolute atomic E-state index is 13.5. The zero-order valence-corrected chi connectivity index (χ0v) is 24.5. The molecule has 0 spiro atoms. The van der Waals surface area contributed by atoms with Crippen molar-refractivity contribution in [3.05, 3.63) is 31.9 Å². The number of aromatic nitrogens is 1. The first kappa shape index (κ1) is 29.9. The van der Waals surface area contributed by atoms with Crippen LogP contribution >= 0.6 is 24.0 Å². The molecule has 2 aliphatic rings. The number of nitrogens with zero attached hydrogens (tertiary/aromatic N) is 4. The lowest BCUT2D eigenvalue weighted by Gasteiger charge is -2.36. The summed E-state index contributed by atoms with van der Waals surface area (Å²) in [5, 5.41) is 9.91. The quantitative estimate of drug-likeness (QED) is 0.162. The number of hydrogen-bond acceptors (Lipinski definition) is 8. The first-order chi connectivity index (χ1) is 18.3. The molecule has 2 fully saturated rings. The van der Waals surface area contributed by atoms with E-state index in [4.69, 9.17) is 17.0 Å². The number of hydrogen-bond donors (Lipinski definition) is 0. The van der Waals surface area contributed by atoms with Gasteiger partial charge < -0.3 is 9.64 Å². The molecule has 206 valence electrons. The molecule has 1 atom stereocenters. The molecule has 0 aromatic carbocycles. The molecule has 3 heterocycles. The number of unbranched alkanes of at least 4 members (excludes halogenated alkanes) is 3. The van der Waals surface area contributed by atoms with Crippen molar-refractivity contribution in [1.82, 2.24) is 9.47 Å². The van der Waals surface area contributed by atoms with Crippen LogP contribution in [0.1, 0.15) is 82.4 Å². The van der Waals surface area contributed by atoms with E-state index < -0.39 is 0 Å². The van der Waals surface area contributed by atoms with E-state index >= 15 is 0 Å². The van der Waals surface area contributed by atoms with Crippen LogP contribution in [-0.2, 0) is 20.9 Å². The summed E-state index contributed by atoms with van der Waals surface area (Å²) >= 11 is 6.79. The van der Waals surface area contributed by atoms with E-state index in [0.717, 1.165) is 44.9 Å². The van der Waals surface area contributed by atoms with E-state index in [1.54, 1.807) is 29.4 Å². The summed E-state index contributed by atoms with van der Waals surface area (Å²) in [4.78, 5) is 43.7. The monoisotopic (exact) mass is 558 g/mol. The molecule has 2 saturated heterocycles. The normalized spacial score (nSPS) is 18.8. The number of amides is 1. The molecule has 0 radical (unpaired) electrons. The van der Waals surface area contributed by atoms with Crippen molar-refractivity contribution in [3.63, 3.8) is 0 Å². The van der Waals surface area contributed by atoms with Gasteiger partial charge in [-0.15, -0.1) is 0 Å². The highest BCUT2D eigenvalue weighted by Crippen LogP contribution is 2.37. The molecule has 10 heteroatoms. The third kappa shape index (κ3) is 6.49. The highest BCUT2D eigenvalue weighted by atomic mass is 32.2. The van der Waals surface area contributed by atoms with Crippen LogP contribution in [0.4, 0.5) is 5.82 Å². The molecule has 1 aromatic rings. The average molecular weight is 559 g/mol. The number of nitriles is 1. The Labute approximate surface area is 235 Å². The topological polar surface area (TPSA) is 95.6 Å². The smallest absolute Gasteiger partial charge is 0.310 e. The molecular formula is C28H38N4O4S2. The third-order valence-electron chi connectivity index (χ3n) is 7.06. The highest BCUT2D eigenvalue weighted by molar-refractivity contribution is 8.26. The predicted octanol–water partition coefficient (Wildman–Crippen LogP) is 5.00. The Balaban J connectivity index is 2.15. The SMILES string of the molecule is CCCCCN1C(=O)/C(=C/c2c(C)c(C#N)c(=O)n(CCCC)c2N2CCCC(C(=O)OCC)C2)SC1=S. The second-order valence-electron chi connectivity index (χ2n) is 9.74. The fourth-order valence-corrected chi connectivity index (χ4v) is 6.26. The Morgan fingerprint density at radius 3 is 2.58 bits per heavy atom. The van der Waals surface area contributed by atoms with Gasteiger partial charge in [-0.1, -0.05) is 57.1 Å². The lowest BCUT2D eigenvalue weighted by molar-refractivity contribution is -0.148. The van der Waals surface area contributed by atoms with Gasteiger partial charge in [-0.05, 0) is 51.2 Å². The summed E-state index contributed by atoms with van der Waals surface area (Å²) in [6.07, 6.45) is 7.85. The lowest BCUT2D eigenvalue weighted by atomic mass is 9.96. The van der Waals surface area contributed by atoms with Gasteiger partial charge in [0.05, 0.1) is 17.4 Å². The second kappa shape index (κ2) is 13.9. The fraction of sp³-hybridized carbons (Fsp3) is 0.607. The minimum Gasteiger partial charge on any atom is -0.466 e. The summed E-state index contributed by atoms with van der Waals surface area (Å²) in [7, 11) is 0. The Morgan fingerprint density at radius 1 is 1.18 bits per heavy atom. The third-order valence-corrected chi connectivity index (χ3v) is 8.43. The van der Waals surface area contributed by atoms with Crippen molar-refractivity contribution in [3.8, 4) is 6.07 Å². The van der Waals surface area contributed by atoms with Gasteiger partial charge >= 0.3 is 5.97 Å². The average Bonchev–Trinajstić information content (AvgIpc) is 3.17. The van der Waals surface area contributed by atoms with Gasteiger partial charge in [0.15, 0.2) is 0 Å². The lowest BCUT2D eigenvalue weighted by Crippen LogP contribution is -2.43. The second-order valence-corrected chi connectivity index (χ2v) is 11.4. The zero-order valence-electron chi connectivity index (χ0n) is 22.9. The number of piperidine rings is 1. The van der Waals surface area contributed by atoms with Crippen molar-refractivity contribution in [2.45, 2.75) is 79.2 Å². The maximum Gasteiger partial charge on any atom is 0.310 e. The minimum atomic E-state index is -0.337. The molecule has 3 rings (SSSR count). The molecule has 1 unspecified atom stereocenters. The molecular weight excluding hydrogens is 520 g/mol. The Bertz CT molecular complexity index is 1200. The highest BCUT2D eigenvalue weighted by Gasteiger charge is 2.34. The van der Waals surface area contributed by atoms with Crippen molar-refractivity contribution >= 4 is 52.1 Å². The summed E-state index contributed by atoms with van der Waals surface area (Å²) in [5.74, 6) is -0.0296. The molecule has 8 nitrogen and oxygen atoms in total. The Hall–Kier alpha value is -2.64. The van der Waals surface area contributed by atoms with Crippen LogP contribution < -0.4 is 10.5 Å². The molecule has 2 aliphatic heterocycles. The predicted molar refractivity (Wildman–Crippen MR) is 156 cm³/mol. The van der Waals surface area contributed by atoms with Crippen LogP contribution in [-0.4, -0.2) is 51.9 Å². The van der Waals surface area contributed by atoms with Crippen molar-refractivity contribution in [2.24, 2.45) is 5.92 Å². The largest absolute Gasteiger partial charge is 0.466 e. The van der Waals surface area contributed by atoms with Crippen LogP contribution in [0.3, 0.4) is 0 Å². The number of rotatable bonds is 11. The summed E-state index contributed by atoms with van der Waals surface area (Å²) in [6, 6.07) is 2.10. The number of carbonyl (C=O) groups is 2. The van der Waals surface area contributed by atoms with E-state index in [0.29, 0.717) is 59.0 Å². The number of ether oxygens (including phenoxy) is 1. The molecule has 0 bridgehead atoms. The van der Waals surface area contributed by atoms with Crippen molar-refractivity contribution < 1.29 is 14.3 Å². The van der Waals surface area contributed by atoms with Crippen LogP contribution in [0.25, 0.3) is 6.08 Å². The van der Waals surface area contributed by atoms with Gasteiger partial charge in [-0.2, -0.15) is 5.26 Å². The molecule has 0 N–H and O–H groups in total. The van der Waals surface area contributed by atoms with Crippen LogP contribution in [0.15, 0.2) is 9.70 Å². The molecule has 38 heavy (non-hydrogen) atoms. The first-order valence-electron chi connectivity index (χ1n) is 13.6. The number of pyridine rings is 1. The van der Waals surface area contributed by atoms with Crippen LogP contribution in [0.5, 0.6) is 0 Å². The Morgan fingerprint density at radius 2 is 1.92 bits per heavy atom. The zero-order chi connectivity index (χ0) is 27.8. The number of thiocarbonyl (C=S) groups is 1. The van der Waals surface area contributed by atoms with Crippen molar-refractivity contribution in [1.29, 1.82) is 5.26 Å². The fourth-order valence-electron chi connectivity index (χ4n) is 4.97. The summed E-state index contributed by atoms with van der Waals surface area (Å²) < 4.78 is 7.49. The standard InChI is InChI=1S/C28H38N4O4S2/c1-5-8-10-15-32-26(34)23(38-28(32)37)16-21-19(4)22(17-29)25(33)31(14-9-6-2)24(21)30-13-11-12-20(18-30)27(35)36-7-3/h16,20H,5-15,18H2,1-4H3/b23-16-. The van der Waals surface area contributed by atoms with E-state index in [1.165, 1.54) is 11.8 Å². The van der Waals surface area contributed by atoms with Gasteiger partial charge in [-0.25, -0.2) is 0 Å². The minimum absolute atomic E-state index is 0.0773. The number of esters is 1. The van der Waals surface area contributed by atoms with Crippen LogP contribution in [0, 0.1) is 24.2 Å². The van der Waals surface area contributed by atoms with Gasteiger partial charge in [0.1, 0.15) is 21.8 Å². The van der Waals surface area contributed by atoms with Gasteiger partial charge in [0.25, 0.3) is 11.5 Å².